The topological polar surface area (TPSA) is 68.3 Å². The van der Waals surface area contributed by atoms with Gasteiger partial charge in [-0.05, 0) is 30.2 Å². The molecule has 2 aromatic carbocycles. The van der Waals surface area contributed by atoms with Crippen LogP contribution < -0.4 is 0 Å². The molecule has 2 aromatic rings. The molecule has 28 heavy (non-hydrogen) atoms. The minimum Gasteiger partial charge on any atom is -0.294 e. The minimum absolute atomic E-state index is 0.0228. The van der Waals surface area contributed by atoms with Gasteiger partial charge in [-0.1, -0.05) is 24.3 Å². The summed E-state index contributed by atoms with van der Waals surface area (Å²) in [6.45, 7) is 0.957. The van der Waals surface area contributed by atoms with Crippen molar-refractivity contribution in [3.8, 4) is 0 Å². The molecule has 0 aliphatic heterocycles. The molecule has 0 aromatic heterocycles. The van der Waals surface area contributed by atoms with E-state index in [0.29, 0.717) is 0 Å². The zero-order chi connectivity index (χ0) is 20.4. The molecule has 0 saturated carbocycles. The van der Waals surface area contributed by atoms with Gasteiger partial charge in [-0.3, -0.25) is 19.2 Å². The normalized spacial score (nSPS) is 16.6. The van der Waals surface area contributed by atoms with E-state index in [1.807, 2.05) is 0 Å². The fraction of sp³-hybridized carbons (Fsp3) is 0.238. The van der Waals surface area contributed by atoms with Crippen molar-refractivity contribution >= 4 is 23.1 Å². The maximum atomic E-state index is 14.2. The summed E-state index contributed by atoms with van der Waals surface area (Å²) in [5, 5.41) is 0. The van der Waals surface area contributed by atoms with E-state index in [4.69, 9.17) is 0 Å². The third kappa shape index (κ3) is 2.38. The van der Waals surface area contributed by atoms with Gasteiger partial charge in [-0.25, -0.2) is 0 Å². The average molecular weight is 386 g/mol. The molecule has 4 nitrogen and oxygen atoms in total. The summed E-state index contributed by atoms with van der Waals surface area (Å²) < 4.78 is 42.7. The highest BCUT2D eigenvalue weighted by Gasteiger charge is 2.54. The second kappa shape index (κ2) is 5.70. The largest absolute Gasteiger partial charge is 0.402 e. The molecule has 2 aliphatic rings. The van der Waals surface area contributed by atoms with Gasteiger partial charge in [-0.2, -0.15) is 13.2 Å². The molecular weight excluding hydrogens is 373 g/mol. The summed E-state index contributed by atoms with van der Waals surface area (Å²) in [5.74, 6) is -1.86. The lowest BCUT2D eigenvalue weighted by atomic mass is 9.74. The van der Waals surface area contributed by atoms with Crippen LogP contribution in [0.3, 0.4) is 0 Å². The summed E-state index contributed by atoms with van der Waals surface area (Å²) >= 11 is 0. The number of ketones is 4. The van der Waals surface area contributed by atoms with Crippen LogP contribution in [-0.4, -0.2) is 29.3 Å². The Labute approximate surface area is 157 Å². The first-order valence-electron chi connectivity index (χ1n) is 8.52. The molecule has 0 N–H and O–H groups in total. The van der Waals surface area contributed by atoms with E-state index >= 15 is 0 Å². The van der Waals surface area contributed by atoms with E-state index in [9.17, 15) is 32.3 Å². The van der Waals surface area contributed by atoms with Crippen LogP contribution in [0.4, 0.5) is 13.2 Å². The van der Waals surface area contributed by atoms with Crippen LogP contribution in [-0.2, 0) is 5.41 Å². The molecular formula is C21H13F3O4. The number of rotatable bonds is 2. The van der Waals surface area contributed by atoms with Crippen LogP contribution in [0.1, 0.15) is 72.3 Å². The third-order valence-corrected chi connectivity index (χ3v) is 5.60. The van der Waals surface area contributed by atoms with Crippen LogP contribution in [0.25, 0.3) is 0 Å². The van der Waals surface area contributed by atoms with Gasteiger partial charge in [0, 0.05) is 22.3 Å². The van der Waals surface area contributed by atoms with Crippen molar-refractivity contribution in [1.29, 1.82) is 0 Å². The van der Waals surface area contributed by atoms with Crippen molar-refractivity contribution in [3.05, 3.63) is 69.8 Å². The number of halogens is 3. The van der Waals surface area contributed by atoms with Gasteiger partial charge in [-0.15, -0.1) is 0 Å². The number of fused-ring (bicyclic) bond motifs is 2. The number of Topliss-reactive ketones (excluding diaryl/α,β-unsaturated/α-hetero) is 4. The Kier molecular flexibility index (Phi) is 3.72. The van der Waals surface area contributed by atoms with E-state index in [1.165, 1.54) is 24.3 Å². The van der Waals surface area contributed by atoms with Crippen molar-refractivity contribution in [2.24, 2.45) is 0 Å². The highest BCUT2D eigenvalue weighted by Crippen LogP contribution is 2.47. The zero-order valence-corrected chi connectivity index (χ0v) is 14.6. The van der Waals surface area contributed by atoms with Crippen LogP contribution in [0, 0.1) is 0 Å². The Morgan fingerprint density at radius 3 is 1.36 bits per heavy atom. The Bertz CT molecular complexity index is 1020. The van der Waals surface area contributed by atoms with Crippen LogP contribution >= 0.6 is 0 Å². The Hall–Kier alpha value is -3.09. The second-order valence-corrected chi connectivity index (χ2v) is 7.19. The van der Waals surface area contributed by atoms with Gasteiger partial charge in [0.25, 0.3) is 0 Å². The molecule has 0 spiro atoms. The smallest absolute Gasteiger partial charge is 0.294 e. The standard InChI is InChI=1S/C21H13F3O4/c1-20(21(22,23)24,10-2-4-12-14(6-10)18(27)8-16(12)25)11-3-5-13-15(7-11)19(28)9-17(13)26/h2-7H,8-9H2,1H3. The Balaban J connectivity index is 1.93. The molecule has 142 valence electrons. The Morgan fingerprint density at radius 1 is 0.643 bits per heavy atom. The second-order valence-electron chi connectivity index (χ2n) is 7.19. The molecule has 0 unspecified atom stereocenters. The van der Waals surface area contributed by atoms with Crippen molar-refractivity contribution in [1.82, 2.24) is 0 Å². The van der Waals surface area contributed by atoms with Crippen LogP contribution in [0.5, 0.6) is 0 Å². The molecule has 0 fully saturated rings. The predicted octanol–water partition coefficient (Wildman–Crippen LogP) is 4.09. The summed E-state index contributed by atoms with van der Waals surface area (Å²) in [4.78, 5) is 47.6. The molecule has 0 amide bonds. The SMILES string of the molecule is CC(c1ccc2c(c1)C(=O)CC2=O)(c1ccc2c(c1)C(=O)CC2=O)C(F)(F)F. The van der Waals surface area contributed by atoms with Gasteiger partial charge >= 0.3 is 6.18 Å². The number of carbonyl (C=O) groups is 4. The first-order chi connectivity index (χ1) is 13.0. The molecule has 0 radical (unpaired) electrons. The summed E-state index contributed by atoms with van der Waals surface area (Å²) in [5.41, 5.74) is -2.76. The first kappa shape index (κ1) is 18.3. The molecule has 0 atom stereocenters. The molecule has 2 aliphatic carbocycles. The highest BCUT2D eigenvalue weighted by atomic mass is 19.4. The number of carbonyl (C=O) groups excluding carboxylic acids is 4. The van der Waals surface area contributed by atoms with Gasteiger partial charge in [0.15, 0.2) is 23.1 Å². The molecule has 0 heterocycles. The summed E-state index contributed by atoms with van der Waals surface area (Å²) in [6, 6.07) is 7.06. The monoisotopic (exact) mass is 386 g/mol. The van der Waals surface area contributed by atoms with E-state index in [1.54, 1.807) is 0 Å². The lowest BCUT2D eigenvalue weighted by Gasteiger charge is -2.33. The highest BCUT2D eigenvalue weighted by molar-refractivity contribution is 6.25. The van der Waals surface area contributed by atoms with E-state index in [0.717, 1.165) is 19.1 Å². The van der Waals surface area contributed by atoms with E-state index in [-0.39, 0.29) is 46.2 Å². The molecule has 7 heteroatoms. The van der Waals surface area contributed by atoms with Crippen LogP contribution in [0.2, 0.25) is 0 Å². The maximum absolute atomic E-state index is 14.2. The molecule has 0 saturated heterocycles. The van der Waals surface area contributed by atoms with Crippen molar-refractivity contribution in [3.63, 3.8) is 0 Å². The van der Waals surface area contributed by atoms with Gasteiger partial charge in [0.1, 0.15) is 5.41 Å². The van der Waals surface area contributed by atoms with E-state index in [2.05, 4.69) is 0 Å². The average Bonchev–Trinajstić information content (AvgIpc) is 3.08. The molecule has 0 bridgehead atoms. The zero-order valence-electron chi connectivity index (χ0n) is 14.6. The van der Waals surface area contributed by atoms with Crippen LogP contribution in [0.15, 0.2) is 36.4 Å². The van der Waals surface area contributed by atoms with Gasteiger partial charge in [0.05, 0.1) is 12.8 Å². The quantitative estimate of drug-likeness (QED) is 0.729. The summed E-state index contributed by atoms with van der Waals surface area (Å²) in [7, 11) is 0. The number of hydrogen-bond donors (Lipinski definition) is 0. The van der Waals surface area contributed by atoms with E-state index < -0.39 is 34.7 Å². The van der Waals surface area contributed by atoms with Crippen molar-refractivity contribution in [2.45, 2.75) is 31.4 Å². The van der Waals surface area contributed by atoms with Gasteiger partial charge < -0.3 is 0 Å². The number of benzene rings is 2. The maximum Gasteiger partial charge on any atom is 0.402 e. The third-order valence-electron chi connectivity index (χ3n) is 5.60. The number of hydrogen-bond acceptors (Lipinski definition) is 4. The summed E-state index contributed by atoms with van der Waals surface area (Å²) in [6.07, 6.45) is -5.46. The molecule has 4 rings (SSSR count). The first-order valence-corrected chi connectivity index (χ1v) is 8.52. The lowest BCUT2D eigenvalue weighted by Crippen LogP contribution is -2.41. The fourth-order valence-electron chi connectivity index (χ4n) is 3.82. The Morgan fingerprint density at radius 2 is 1.00 bits per heavy atom. The minimum atomic E-state index is -4.76. The van der Waals surface area contributed by atoms with Crippen molar-refractivity contribution < 1.29 is 32.3 Å². The van der Waals surface area contributed by atoms with Crippen molar-refractivity contribution in [2.75, 3.05) is 0 Å². The predicted molar refractivity (Wildman–Crippen MR) is 91.9 cm³/mol. The lowest BCUT2D eigenvalue weighted by molar-refractivity contribution is -0.173. The fourth-order valence-corrected chi connectivity index (χ4v) is 3.82. The van der Waals surface area contributed by atoms with Gasteiger partial charge in [0.2, 0.25) is 0 Å². The number of alkyl halides is 3.